The van der Waals surface area contributed by atoms with Crippen LogP contribution in [-0.2, 0) is 0 Å². The molecular weight excluding hydrogens is 226 g/mol. The van der Waals surface area contributed by atoms with Crippen LogP contribution >= 0.6 is 11.6 Å². The van der Waals surface area contributed by atoms with Gasteiger partial charge in [0.05, 0.1) is 7.11 Å². The van der Waals surface area contributed by atoms with Crippen LogP contribution < -0.4 is 10.1 Å². The summed E-state index contributed by atoms with van der Waals surface area (Å²) in [6, 6.07) is 3.49. The second kappa shape index (κ2) is 4.93. The number of nitrogens with one attached hydrogen (secondary N) is 1. The quantitative estimate of drug-likeness (QED) is 0.836. The minimum Gasteiger partial charge on any atom is -0.504 e. The molecule has 1 saturated heterocycles. The maximum absolute atomic E-state index is 10.1. The van der Waals surface area contributed by atoms with Gasteiger partial charge in [-0.25, -0.2) is 0 Å². The lowest BCUT2D eigenvalue weighted by atomic mass is 9.89. The molecule has 2 rings (SSSR count). The van der Waals surface area contributed by atoms with Crippen molar-refractivity contribution in [2.45, 2.75) is 18.8 Å². The Labute approximate surface area is 100 Å². The van der Waals surface area contributed by atoms with Crippen LogP contribution in [-0.4, -0.2) is 25.3 Å². The molecule has 16 heavy (non-hydrogen) atoms. The third-order valence-corrected chi connectivity index (χ3v) is 3.42. The lowest BCUT2D eigenvalue weighted by Crippen LogP contribution is -2.26. The number of halogens is 1. The van der Waals surface area contributed by atoms with Crippen molar-refractivity contribution in [3.63, 3.8) is 0 Å². The smallest absolute Gasteiger partial charge is 0.162 e. The highest BCUT2D eigenvalue weighted by Crippen LogP contribution is 2.42. The predicted molar refractivity (Wildman–Crippen MR) is 64.5 cm³/mol. The molecule has 1 fully saturated rings. The van der Waals surface area contributed by atoms with Gasteiger partial charge in [-0.3, -0.25) is 0 Å². The monoisotopic (exact) mass is 241 g/mol. The molecular formula is C12H16ClNO2. The van der Waals surface area contributed by atoms with Crippen molar-refractivity contribution in [2.24, 2.45) is 0 Å². The van der Waals surface area contributed by atoms with Crippen molar-refractivity contribution in [1.29, 1.82) is 0 Å². The number of piperidine rings is 1. The van der Waals surface area contributed by atoms with Crippen molar-refractivity contribution in [3.05, 3.63) is 22.7 Å². The standard InChI is InChI=1S/C12H16ClNO2/c1-16-10-3-2-9(13)11(12(10)15)8-4-6-14-7-5-8/h2-3,8,14-15H,4-7H2,1H3. The van der Waals surface area contributed by atoms with E-state index in [0.717, 1.165) is 31.5 Å². The van der Waals surface area contributed by atoms with Gasteiger partial charge in [-0.15, -0.1) is 0 Å². The maximum Gasteiger partial charge on any atom is 0.162 e. The molecule has 1 heterocycles. The minimum absolute atomic E-state index is 0.196. The van der Waals surface area contributed by atoms with Crippen molar-refractivity contribution in [2.75, 3.05) is 20.2 Å². The number of hydrogen-bond acceptors (Lipinski definition) is 3. The molecule has 1 aromatic carbocycles. The second-order valence-corrected chi connectivity index (χ2v) is 4.44. The van der Waals surface area contributed by atoms with E-state index >= 15 is 0 Å². The fourth-order valence-electron chi connectivity index (χ4n) is 2.23. The Bertz CT molecular complexity index is 376. The van der Waals surface area contributed by atoms with E-state index in [9.17, 15) is 5.11 Å². The minimum atomic E-state index is 0.196. The van der Waals surface area contributed by atoms with Gasteiger partial charge < -0.3 is 15.2 Å². The molecule has 0 aromatic heterocycles. The number of methoxy groups -OCH3 is 1. The zero-order valence-electron chi connectivity index (χ0n) is 9.29. The number of ether oxygens (including phenoxy) is 1. The molecule has 88 valence electrons. The van der Waals surface area contributed by atoms with Gasteiger partial charge in [-0.2, -0.15) is 0 Å². The molecule has 0 atom stereocenters. The van der Waals surface area contributed by atoms with Crippen LogP contribution in [0.25, 0.3) is 0 Å². The SMILES string of the molecule is COc1ccc(Cl)c(C2CCNCC2)c1O. The number of rotatable bonds is 2. The Balaban J connectivity index is 2.37. The molecule has 0 saturated carbocycles. The highest BCUT2D eigenvalue weighted by atomic mass is 35.5. The van der Waals surface area contributed by atoms with Crippen LogP contribution in [0, 0.1) is 0 Å². The molecule has 3 nitrogen and oxygen atoms in total. The zero-order chi connectivity index (χ0) is 11.5. The summed E-state index contributed by atoms with van der Waals surface area (Å²) >= 11 is 6.16. The number of phenolic OH excluding ortho intramolecular Hbond substituents is 1. The van der Waals surface area contributed by atoms with E-state index in [1.807, 2.05) is 0 Å². The van der Waals surface area contributed by atoms with Crippen LogP contribution in [0.5, 0.6) is 11.5 Å². The van der Waals surface area contributed by atoms with Gasteiger partial charge in [0.1, 0.15) is 0 Å². The molecule has 2 N–H and O–H groups in total. The van der Waals surface area contributed by atoms with Crippen molar-refractivity contribution in [1.82, 2.24) is 5.32 Å². The summed E-state index contributed by atoms with van der Waals surface area (Å²) < 4.78 is 5.11. The number of phenols is 1. The fourth-order valence-corrected chi connectivity index (χ4v) is 2.53. The summed E-state index contributed by atoms with van der Waals surface area (Å²) in [5, 5.41) is 14.0. The Kier molecular flexibility index (Phi) is 3.56. The van der Waals surface area contributed by atoms with E-state index in [2.05, 4.69) is 5.32 Å². The Morgan fingerprint density at radius 3 is 2.69 bits per heavy atom. The molecule has 1 aliphatic heterocycles. The molecule has 0 bridgehead atoms. The van der Waals surface area contributed by atoms with E-state index in [1.165, 1.54) is 0 Å². The first kappa shape index (κ1) is 11.6. The summed E-state index contributed by atoms with van der Waals surface area (Å²) in [7, 11) is 1.55. The highest BCUT2D eigenvalue weighted by Gasteiger charge is 2.23. The van der Waals surface area contributed by atoms with E-state index in [0.29, 0.717) is 16.7 Å². The largest absolute Gasteiger partial charge is 0.504 e. The Morgan fingerprint density at radius 1 is 1.38 bits per heavy atom. The average Bonchev–Trinajstić information content (AvgIpc) is 2.31. The summed E-state index contributed by atoms with van der Waals surface area (Å²) in [5.74, 6) is 1.02. The molecule has 1 aromatic rings. The molecule has 0 aliphatic carbocycles. The molecule has 0 radical (unpaired) electrons. The second-order valence-electron chi connectivity index (χ2n) is 4.04. The lowest BCUT2D eigenvalue weighted by Gasteiger charge is -2.25. The first-order chi connectivity index (χ1) is 7.74. The third kappa shape index (κ3) is 2.11. The van der Waals surface area contributed by atoms with Crippen LogP contribution in [0.3, 0.4) is 0 Å². The van der Waals surface area contributed by atoms with Gasteiger partial charge in [-0.05, 0) is 44.0 Å². The van der Waals surface area contributed by atoms with Gasteiger partial charge >= 0.3 is 0 Å². The summed E-state index contributed by atoms with van der Waals surface area (Å²) in [5.41, 5.74) is 0.836. The molecule has 0 amide bonds. The number of benzene rings is 1. The van der Waals surface area contributed by atoms with Crippen LogP contribution in [0.4, 0.5) is 0 Å². The van der Waals surface area contributed by atoms with E-state index in [1.54, 1.807) is 19.2 Å². The number of aromatic hydroxyl groups is 1. The van der Waals surface area contributed by atoms with Gasteiger partial charge in [0.2, 0.25) is 0 Å². The topological polar surface area (TPSA) is 41.5 Å². The maximum atomic E-state index is 10.1. The first-order valence-electron chi connectivity index (χ1n) is 5.50. The molecule has 0 unspecified atom stereocenters. The lowest BCUT2D eigenvalue weighted by molar-refractivity contribution is 0.363. The third-order valence-electron chi connectivity index (χ3n) is 3.09. The van der Waals surface area contributed by atoms with Gasteiger partial charge in [0.15, 0.2) is 11.5 Å². The van der Waals surface area contributed by atoms with Crippen LogP contribution in [0.15, 0.2) is 12.1 Å². The highest BCUT2D eigenvalue weighted by molar-refractivity contribution is 6.31. The number of hydrogen-bond donors (Lipinski definition) is 2. The van der Waals surface area contributed by atoms with Crippen LogP contribution in [0.1, 0.15) is 24.3 Å². The van der Waals surface area contributed by atoms with Crippen molar-refractivity contribution < 1.29 is 9.84 Å². The van der Waals surface area contributed by atoms with Gasteiger partial charge in [-0.1, -0.05) is 11.6 Å². The Hall–Kier alpha value is -0.930. The normalized spacial score (nSPS) is 17.4. The predicted octanol–water partition coefficient (Wildman–Crippen LogP) is 2.52. The van der Waals surface area contributed by atoms with Crippen LogP contribution in [0.2, 0.25) is 5.02 Å². The fraction of sp³-hybridized carbons (Fsp3) is 0.500. The van der Waals surface area contributed by atoms with Gasteiger partial charge in [0, 0.05) is 10.6 Å². The average molecular weight is 242 g/mol. The molecule has 0 spiro atoms. The van der Waals surface area contributed by atoms with Crippen molar-refractivity contribution in [3.8, 4) is 11.5 Å². The molecule has 1 aliphatic rings. The van der Waals surface area contributed by atoms with E-state index in [-0.39, 0.29) is 5.75 Å². The summed E-state index contributed by atoms with van der Waals surface area (Å²) in [4.78, 5) is 0. The van der Waals surface area contributed by atoms with Crippen molar-refractivity contribution >= 4 is 11.6 Å². The van der Waals surface area contributed by atoms with Gasteiger partial charge in [0.25, 0.3) is 0 Å². The van der Waals surface area contributed by atoms with E-state index < -0.39 is 0 Å². The summed E-state index contributed by atoms with van der Waals surface area (Å²) in [6.07, 6.45) is 2.00. The zero-order valence-corrected chi connectivity index (χ0v) is 10.0. The van der Waals surface area contributed by atoms with E-state index in [4.69, 9.17) is 16.3 Å². The Morgan fingerprint density at radius 2 is 2.06 bits per heavy atom. The first-order valence-corrected chi connectivity index (χ1v) is 5.88. The summed E-state index contributed by atoms with van der Waals surface area (Å²) in [6.45, 7) is 1.94. The molecule has 4 heteroatoms.